The number of hydrogen-bond donors (Lipinski definition) is 0. The van der Waals surface area contributed by atoms with Crippen LogP contribution in [0.5, 0.6) is 0 Å². The minimum atomic E-state index is -0.817. The molecular weight excluding hydrogens is 324 g/mol. The highest BCUT2D eigenvalue weighted by Gasteiger charge is 2.52. The van der Waals surface area contributed by atoms with Crippen LogP contribution < -0.4 is 0 Å². The molecule has 2 fully saturated rings. The third kappa shape index (κ3) is 4.46. The molecule has 0 aromatic heterocycles. The zero-order valence-electron chi connectivity index (χ0n) is 15.1. The summed E-state index contributed by atoms with van der Waals surface area (Å²) in [6, 6.07) is 9.70. The molecule has 2 aliphatic heterocycles. The molecule has 25 heavy (non-hydrogen) atoms. The number of ether oxygens (including phenoxy) is 5. The maximum atomic E-state index is 11.7. The lowest BCUT2D eigenvalue weighted by molar-refractivity contribution is -0.175. The van der Waals surface area contributed by atoms with Crippen molar-refractivity contribution in [2.24, 2.45) is 0 Å². The topological polar surface area (TPSA) is 63.2 Å². The Kier molecular flexibility index (Phi) is 5.27. The first-order chi connectivity index (χ1) is 11.8. The standard InChI is InChI=1S/C19H26O6/c1-18(2)22-12-15(23-18)17-16(24-19(3,4)25-17)14(10-20)21-11-13-8-6-5-7-9-13/h5-10,14-17H,11-12H2,1-4H3/t14-,15+,16-,17-/m1/s1. The SMILES string of the molecule is CC1(C)O[C@H]([C@@H]2COC(C)(C)O2)[C@@H]([C@@H](C=O)OCc2ccccc2)O1. The van der Waals surface area contributed by atoms with Gasteiger partial charge in [0.15, 0.2) is 17.9 Å². The Bertz CT molecular complexity index is 585. The van der Waals surface area contributed by atoms with E-state index in [2.05, 4.69) is 0 Å². The normalized spacial score (nSPS) is 31.8. The lowest BCUT2D eigenvalue weighted by atomic mass is 10.0. The third-order valence-corrected chi connectivity index (χ3v) is 4.30. The van der Waals surface area contributed by atoms with Crippen LogP contribution in [0.15, 0.2) is 30.3 Å². The summed E-state index contributed by atoms with van der Waals surface area (Å²) in [6.07, 6.45) is -1.29. The number of carbonyl (C=O) groups is 1. The Morgan fingerprint density at radius 1 is 1.12 bits per heavy atom. The quantitative estimate of drug-likeness (QED) is 0.735. The van der Waals surface area contributed by atoms with E-state index in [0.29, 0.717) is 13.2 Å². The Hall–Kier alpha value is -1.31. The fourth-order valence-corrected chi connectivity index (χ4v) is 3.21. The van der Waals surface area contributed by atoms with Gasteiger partial charge in [0, 0.05) is 0 Å². The first kappa shape index (κ1) is 18.5. The van der Waals surface area contributed by atoms with Gasteiger partial charge in [0.2, 0.25) is 0 Å². The van der Waals surface area contributed by atoms with Crippen LogP contribution in [-0.4, -0.2) is 48.9 Å². The second kappa shape index (κ2) is 7.13. The van der Waals surface area contributed by atoms with Gasteiger partial charge in [0.25, 0.3) is 0 Å². The summed E-state index contributed by atoms with van der Waals surface area (Å²) in [6.45, 7) is 8.06. The van der Waals surface area contributed by atoms with E-state index in [1.807, 2.05) is 58.0 Å². The van der Waals surface area contributed by atoms with Gasteiger partial charge in [-0.3, -0.25) is 0 Å². The molecule has 6 nitrogen and oxygen atoms in total. The molecule has 1 aromatic carbocycles. The van der Waals surface area contributed by atoms with Gasteiger partial charge in [0.05, 0.1) is 13.2 Å². The Labute approximate surface area is 148 Å². The summed E-state index contributed by atoms with van der Waals surface area (Å²) in [5.41, 5.74) is 0.991. The lowest BCUT2D eigenvalue weighted by Gasteiger charge is -2.26. The molecule has 2 saturated heterocycles. The van der Waals surface area contributed by atoms with E-state index in [-0.39, 0.29) is 6.10 Å². The monoisotopic (exact) mass is 350 g/mol. The van der Waals surface area contributed by atoms with Crippen LogP contribution in [-0.2, 0) is 35.1 Å². The van der Waals surface area contributed by atoms with E-state index < -0.39 is 29.9 Å². The van der Waals surface area contributed by atoms with Crippen LogP contribution in [0.4, 0.5) is 0 Å². The lowest BCUT2D eigenvalue weighted by Crippen LogP contribution is -2.45. The van der Waals surface area contributed by atoms with Gasteiger partial charge in [-0.2, -0.15) is 0 Å². The molecule has 0 radical (unpaired) electrons. The van der Waals surface area contributed by atoms with Crippen molar-refractivity contribution in [2.75, 3.05) is 6.61 Å². The van der Waals surface area contributed by atoms with Gasteiger partial charge >= 0.3 is 0 Å². The maximum absolute atomic E-state index is 11.7. The Morgan fingerprint density at radius 3 is 2.44 bits per heavy atom. The van der Waals surface area contributed by atoms with Gasteiger partial charge in [-0.05, 0) is 33.3 Å². The highest BCUT2D eigenvalue weighted by atomic mass is 16.8. The number of rotatable bonds is 6. The highest BCUT2D eigenvalue weighted by Crippen LogP contribution is 2.37. The molecule has 0 bridgehead atoms. The predicted molar refractivity (Wildman–Crippen MR) is 89.8 cm³/mol. The van der Waals surface area contributed by atoms with E-state index in [9.17, 15) is 4.79 Å². The maximum Gasteiger partial charge on any atom is 0.164 e. The van der Waals surface area contributed by atoms with Crippen molar-refractivity contribution in [3.05, 3.63) is 35.9 Å². The molecule has 0 amide bonds. The van der Waals surface area contributed by atoms with Crippen LogP contribution >= 0.6 is 0 Å². The fourth-order valence-electron chi connectivity index (χ4n) is 3.21. The van der Waals surface area contributed by atoms with Crippen LogP contribution in [0.1, 0.15) is 33.3 Å². The minimum absolute atomic E-state index is 0.315. The number of aldehydes is 1. The van der Waals surface area contributed by atoms with Crippen molar-refractivity contribution < 1.29 is 28.5 Å². The first-order valence-corrected chi connectivity index (χ1v) is 8.58. The third-order valence-electron chi connectivity index (χ3n) is 4.30. The Morgan fingerprint density at radius 2 is 1.84 bits per heavy atom. The Balaban J connectivity index is 1.70. The largest absolute Gasteiger partial charge is 0.363 e. The number of carbonyl (C=O) groups excluding carboxylic acids is 1. The number of benzene rings is 1. The smallest absolute Gasteiger partial charge is 0.164 e. The van der Waals surface area contributed by atoms with Crippen LogP contribution in [0.3, 0.4) is 0 Å². The zero-order chi connectivity index (χ0) is 18.1. The molecule has 3 rings (SSSR count). The molecule has 2 aliphatic rings. The average molecular weight is 350 g/mol. The molecule has 0 aliphatic carbocycles. The summed E-state index contributed by atoms with van der Waals surface area (Å²) in [7, 11) is 0. The highest BCUT2D eigenvalue weighted by molar-refractivity contribution is 5.57. The summed E-state index contributed by atoms with van der Waals surface area (Å²) in [5, 5.41) is 0. The van der Waals surface area contributed by atoms with Gasteiger partial charge < -0.3 is 28.5 Å². The van der Waals surface area contributed by atoms with Crippen molar-refractivity contribution in [2.45, 2.75) is 70.3 Å². The fraction of sp³-hybridized carbons (Fsp3) is 0.632. The first-order valence-electron chi connectivity index (χ1n) is 8.58. The molecule has 1 aromatic rings. The molecule has 0 N–H and O–H groups in total. The van der Waals surface area contributed by atoms with Gasteiger partial charge in [-0.15, -0.1) is 0 Å². The van der Waals surface area contributed by atoms with E-state index in [0.717, 1.165) is 11.8 Å². The average Bonchev–Trinajstić information content (AvgIpc) is 3.08. The molecule has 138 valence electrons. The van der Waals surface area contributed by atoms with Gasteiger partial charge in [-0.1, -0.05) is 30.3 Å². The second-order valence-corrected chi connectivity index (χ2v) is 7.33. The molecule has 4 atom stereocenters. The van der Waals surface area contributed by atoms with E-state index >= 15 is 0 Å². The molecule has 0 spiro atoms. The van der Waals surface area contributed by atoms with Gasteiger partial charge in [-0.25, -0.2) is 0 Å². The molecular formula is C19H26O6. The van der Waals surface area contributed by atoms with Crippen LogP contribution in [0.25, 0.3) is 0 Å². The molecule has 2 heterocycles. The summed E-state index contributed by atoms with van der Waals surface area (Å²) < 4.78 is 29.4. The molecule has 0 unspecified atom stereocenters. The van der Waals surface area contributed by atoms with E-state index in [1.165, 1.54) is 0 Å². The minimum Gasteiger partial charge on any atom is -0.363 e. The van der Waals surface area contributed by atoms with Crippen molar-refractivity contribution >= 4 is 6.29 Å². The van der Waals surface area contributed by atoms with Crippen LogP contribution in [0.2, 0.25) is 0 Å². The summed E-state index contributed by atoms with van der Waals surface area (Å²) in [5.74, 6) is -1.49. The summed E-state index contributed by atoms with van der Waals surface area (Å²) >= 11 is 0. The van der Waals surface area contributed by atoms with Gasteiger partial charge in [0.1, 0.15) is 24.4 Å². The zero-order valence-corrected chi connectivity index (χ0v) is 15.1. The summed E-state index contributed by atoms with van der Waals surface area (Å²) in [4.78, 5) is 11.7. The van der Waals surface area contributed by atoms with E-state index in [1.54, 1.807) is 0 Å². The molecule has 0 saturated carbocycles. The van der Waals surface area contributed by atoms with E-state index in [4.69, 9.17) is 23.7 Å². The van der Waals surface area contributed by atoms with Crippen molar-refractivity contribution in [3.63, 3.8) is 0 Å². The molecule has 6 heteroatoms. The van der Waals surface area contributed by atoms with Crippen molar-refractivity contribution in [3.8, 4) is 0 Å². The number of hydrogen-bond acceptors (Lipinski definition) is 6. The van der Waals surface area contributed by atoms with Crippen LogP contribution in [0, 0.1) is 0 Å². The predicted octanol–water partition coefficient (Wildman–Crippen LogP) is 2.44. The second-order valence-electron chi connectivity index (χ2n) is 7.33. The van der Waals surface area contributed by atoms with Crippen molar-refractivity contribution in [1.82, 2.24) is 0 Å². The van der Waals surface area contributed by atoms with Crippen molar-refractivity contribution in [1.29, 1.82) is 0 Å².